The van der Waals surface area contributed by atoms with E-state index >= 15 is 0 Å². The number of ether oxygens (including phenoxy) is 1. The molecule has 1 aromatic rings. The summed E-state index contributed by atoms with van der Waals surface area (Å²) in [5, 5.41) is 2.79. The fourth-order valence-electron chi connectivity index (χ4n) is 1.48. The van der Waals surface area contributed by atoms with E-state index in [1.165, 1.54) is 0 Å². The lowest BCUT2D eigenvalue weighted by atomic mass is 9.99. The molecule has 0 aliphatic heterocycles. The number of benzene rings is 1. The molecule has 3 N–H and O–H groups in total. The second-order valence-corrected chi connectivity index (χ2v) is 4.10. The minimum absolute atomic E-state index is 0.157. The van der Waals surface area contributed by atoms with E-state index in [4.69, 9.17) is 10.5 Å². The minimum Gasteiger partial charge on any atom is -0.495 e. The standard InChI is InChI=1S/C13H20N2O2/c1-4-9(2)12(14)13(16)15-10-7-5-6-8-11(10)17-3/h5-9,12H,4,14H2,1-3H3,(H,15,16)/t9-,12-/m0/s1. The number of amides is 1. The number of nitrogens with two attached hydrogens (primary N) is 1. The van der Waals surface area contributed by atoms with Gasteiger partial charge in [0, 0.05) is 0 Å². The van der Waals surface area contributed by atoms with E-state index in [1.807, 2.05) is 26.0 Å². The normalized spacial score (nSPS) is 13.9. The number of nitrogens with one attached hydrogen (secondary N) is 1. The molecule has 0 fully saturated rings. The van der Waals surface area contributed by atoms with E-state index in [0.717, 1.165) is 6.42 Å². The van der Waals surface area contributed by atoms with Crippen LogP contribution in [-0.4, -0.2) is 19.1 Å². The molecule has 17 heavy (non-hydrogen) atoms. The predicted octanol–water partition coefficient (Wildman–Crippen LogP) is 2.01. The Morgan fingerprint density at radius 3 is 2.71 bits per heavy atom. The summed E-state index contributed by atoms with van der Waals surface area (Å²) in [4.78, 5) is 11.9. The van der Waals surface area contributed by atoms with Gasteiger partial charge in [0.15, 0.2) is 0 Å². The summed E-state index contributed by atoms with van der Waals surface area (Å²) in [6.45, 7) is 3.98. The molecule has 0 radical (unpaired) electrons. The third kappa shape index (κ3) is 3.46. The van der Waals surface area contributed by atoms with Gasteiger partial charge in [0.25, 0.3) is 0 Å². The van der Waals surface area contributed by atoms with E-state index < -0.39 is 6.04 Å². The van der Waals surface area contributed by atoms with Crippen LogP contribution in [0.15, 0.2) is 24.3 Å². The molecule has 1 rings (SSSR count). The largest absolute Gasteiger partial charge is 0.495 e. The summed E-state index contributed by atoms with van der Waals surface area (Å²) in [7, 11) is 1.57. The molecule has 4 heteroatoms. The Kier molecular flexibility index (Phi) is 4.97. The molecule has 4 nitrogen and oxygen atoms in total. The van der Waals surface area contributed by atoms with Crippen LogP contribution in [0.25, 0.3) is 0 Å². The van der Waals surface area contributed by atoms with E-state index in [1.54, 1.807) is 19.2 Å². The third-order valence-corrected chi connectivity index (χ3v) is 2.92. The first-order valence-corrected chi connectivity index (χ1v) is 5.79. The number of rotatable bonds is 5. The van der Waals surface area contributed by atoms with E-state index in [9.17, 15) is 4.79 Å². The van der Waals surface area contributed by atoms with E-state index in [0.29, 0.717) is 11.4 Å². The maximum atomic E-state index is 11.9. The number of carbonyl (C=O) groups is 1. The fourth-order valence-corrected chi connectivity index (χ4v) is 1.48. The van der Waals surface area contributed by atoms with E-state index in [-0.39, 0.29) is 11.8 Å². The van der Waals surface area contributed by atoms with Crippen LogP contribution in [0.1, 0.15) is 20.3 Å². The number of anilines is 1. The summed E-state index contributed by atoms with van der Waals surface area (Å²) < 4.78 is 5.16. The highest BCUT2D eigenvalue weighted by Gasteiger charge is 2.20. The number of hydrogen-bond acceptors (Lipinski definition) is 3. The lowest BCUT2D eigenvalue weighted by molar-refractivity contribution is -0.118. The zero-order chi connectivity index (χ0) is 12.8. The Balaban J connectivity index is 2.74. The van der Waals surface area contributed by atoms with Gasteiger partial charge in [0.2, 0.25) is 5.91 Å². The van der Waals surface area contributed by atoms with Gasteiger partial charge in [-0.25, -0.2) is 0 Å². The van der Waals surface area contributed by atoms with Crippen LogP contribution >= 0.6 is 0 Å². The Labute approximate surface area is 102 Å². The van der Waals surface area contributed by atoms with Gasteiger partial charge in [-0.15, -0.1) is 0 Å². The first kappa shape index (κ1) is 13.5. The number of hydrogen-bond donors (Lipinski definition) is 2. The predicted molar refractivity (Wildman–Crippen MR) is 69.1 cm³/mol. The van der Waals surface area contributed by atoms with Crippen molar-refractivity contribution in [2.24, 2.45) is 11.7 Å². The third-order valence-electron chi connectivity index (χ3n) is 2.92. The number of para-hydroxylation sites is 2. The maximum Gasteiger partial charge on any atom is 0.241 e. The quantitative estimate of drug-likeness (QED) is 0.822. The molecular formula is C13H20N2O2. The van der Waals surface area contributed by atoms with Crippen molar-refractivity contribution in [3.05, 3.63) is 24.3 Å². The zero-order valence-electron chi connectivity index (χ0n) is 10.6. The average molecular weight is 236 g/mol. The molecule has 1 aromatic carbocycles. The summed E-state index contributed by atoms with van der Waals surface area (Å²) in [6, 6.07) is 6.78. The molecule has 0 aliphatic carbocycles. The highest BCUT2D eigenvalue weighted by atomic mass is 16.5. The van der Waals surface area contributed by atoms with Crippen molar-refractivity contribution in [2.75, 3.05) is 12.4 Å². The Hall–Kier alpha value is -1.55. The van der Waals surface area contributed by atoms with Crippen LogP contribution in [0, 0.1) is 5.92 Å². The van der Waals surface area contributed by atoms with Crippen LogP contribution in [0.3, 0.4) is 0 Å². The van der Waals surface area contributed by atoms with Crippen LogP contribution in [-0.2, 0) is 4.79 Å². The molecule has 0 heterocycles. The molecule has 0 bridgehead atoms. The van der Waals surface area contributed by atoms with Gasteiger partial charge < -0.3 is 15.8 Å². The molecule has 1 amide bonds. The lowest BCUT2D eigenvalue weighted by Gasteiger charge is -2.18. The van der Waals surface area contributed by atoms with Crippen LogP contribution in [0.4, 0.5) is 5.69 Å². The van der Waals surface area contributed by atoms with Gasteiger partial charge in [-0.1, -0.05) is 32.4 Å². The van der Waals surface area contributed by atoms with Crippen molar-refractivity contribution >= 4 is 11.6 Å². The summed E-state index contributed by atoms with van der Waals surface area (Å²) in [5.74, 6) is 0.616. The SMILES string of the molecule is CC[C@H](C)[C@H](N)C(=O)Nc1ccccc1OC. The van der Waals surface area contributed by atoms with Crippen molar-refractivity contribution in [2.45, 2.75) is 26.3 Å². The first-order valence-electron chi connectivity index (χ1n) is 5.79. The van der Waals surface area contributed by atoms with Crippen molar-refractivity contribution in [1.82, 2.24) is 0 Å². The second-order valence-electron chi connectivity index (χ2n) is 4.10. The van der Waals surface area contributed by atoms with Crippen molar-refractivity contribution < 1.29 is 9.53 Å². The van der Waals surface area contributed by atoms with Crippen LogP contribution in [0.5, 0.6) is 5.75 Å². The lowest BCUT2D eigenvalue weighted by Crippen LogP contribution is -2.40. The van der Waals surface area contributed by atoms with E-state index in [2.05, 4.69) is 5.32 Å². The van der Waals surface area contributed by atoms with Crippen LogP contribution in [0.2, 0.25) is 0 Å². The van der Waals surface area contributed by atoms with Gasteiger partial charge >= 0.3 is 0 Å². The zero-order valence-corrected chi connectivity index (χ0v) is 10.6. The molecular weight excluding hydrogens is 216 g/mol. The van der Waals surface area contributed by atoms with Crippen molar-refractivity contribution in [3.63, 3.8) is 0 Å². The monoisotopic (exact) mass is 236 g/mol. The smallest absolute Gasteiger partial charge is 0.241 e. The fraction of sp³-hybridized carbons (Fsp3) is 0.462. The first-order chi connectivity index (χ1) is 8.10. The number of methoxy groups -OCH3 is 1. The molecule has 0 unspecified atom stereocenters. The molecule has 94 valence electrons. The van der Waals surface area contributed by atoms with Gasteiger partial charge in [0.05, 0.1) is 18.8 Å². The number of carbonyl (C=O) groups excluding carboxylic acids is 1. The maximum absolute atomic E-state index is 11.9. The van der Waals surface area contributed by atoms with Crippen molar-refractivity contribution in [1.29, 1.82) is 0 Å². The molecule has 0 aliphatic rings. The Morgan fingerprint density at radius 2 is 2.12 bits per heavy atom. The van der Waals surface area contributed by atoms with Crippen LogP contribution < -0.4 is 15.8 Å². The second kappa shape index (κ2) is 6.25. The summed E-state index contributed by atoms with van der Waals surface area (Å²) in [5.41, 5.74) is 6.51. The molecule has 2 atom stereocenters. The molecule has 0 aromatic heterocycles. The highest BCUT2D eigenvalue weighted by molar-refractivity contribution is 5.96. The minimum atomic E-state index is -0.495. The summed E-state index contributed by atoms with van der Waals surface area (Å²) >= 11 is 0. The molecule has 0 saturated carbocycles. The van der Waals surface area contributed by atoms with Gasteiger partial charge in [-0.05, 0) is 18.1 Å². The van der Waals surface area contributed by atoms with Gasteiger partial charge in [-0.3, -0.25) is 4.79 Å². The van der Waals surface area contributed by atoms with Gasteiger partial charge in [0.1, 0.15) is 5.75 Å². The molecule has 0 spiro atoms. The topological polar surface area (TPSA) is 64.4 Å². The average Bonchev–Trinajstić information content (AvgIpc) is 2.37. The highest BCUT2D eigenvalue weighted by Crippen LogP contribution is 2.23. The molecule has 0 saturated heterocycles. The van der Waals surface area contributed by atoms with Crippen molar-refractivity contribution in [3.8, 4) is 5.75 Å². The Bertz CT molecular complexity index is 379. The Morgan fingerprint density at radius 1 is 1.47 bits per heavy atom. The van der Waals surface area contributed by atoms with Gasteiger partial charge in [-0.2, -0.15) is 0 Å². The summed E-state index contributed by atoms with van der Waals surface area (Å²) in [6.07, 6.45) is 0.876.